The van der Waals surface area contributed by atoms with Crippen LogP contribution < -0.4 is 20.3 Å². The van der Waals surface area contributed by atoms with Crippen LogP contribution in [0.3, 0.4) is 0 Å². The van der Waals surface area contributed by atoms with E-state index in [1.807, 2.05) is 0 Å². The SMILES string of the molecule is C=CCOc1ccccc1C(=O)NNC(=O)c1ccccc1OCCC(C)C. The van der Waals surface area contributed by atoms with Gasteiger partial charge in [0.2, 0.25) is 0 Å². The molecule has 0 spiro atoms. The molecule has 2 aromatic carbocycles. The summed E-state index contributed by atoms with van der Waals surface area (Å²) >= 11 is 0. The van der Waals surface area contributed by atoms with Gasteiger partial charge in [0.05, 0.1) is 17.7 Å². The molecule has 6 heteroatoms. The van der Waals surface area contributed by atoms with E-state index < -0.39 is 11.8 Å². The maximum absolute atomic E-state index is 12.5. The normalized spacial score (nSPS) is 10.2. The molecule has 0 fully saturated rings. The molecule has 0 aliphatic rings. The van der Waals surface area contributed by atoms with Crippen molar-refractivity contribution >= 4 is 11.8 Å². The Balaban J connectivity index is 2.01. The van der Waals surface area contributed by atoms with Crippen molar-refractivity contribution in [1.82, 2.24) is 10.9 Å². The Labute approximate surface area is 165 Å². The number of carbonyl (C=O) groups is 2. The predicted octanol–water partition coefficient (Wildman–Crippen LogP) is 3.75. The van der Waals surface area contributed by atoms with Crippen LogP contribution in [0.15, 0.2) is 61.2 Å². The van der Waals surface area contributed by atoms with E-state index in [0.29, 0.717) is 35.2 Å². The number of hydrogen-bond acceptors (Lipinski definition) is 4. The Hall–Kier alpha value is -3.28. The molecule has 2 aromatic rings. The molecule has 0 saturated carbocycles. The van der Waals surface area contributed by atoms with Gasteiger partial charge in [0.25, 0.3) is 11.8 Å². The average Bonchev–Trinajstić information content (AvgIpc) is 2.70. The topological polar surface area (TPSA) is 76.7 Å². The summed E-state index contributed by atoms with van der Waals surface area (Å²) in [5.74, 6) is 0.448. The molecule has 0 saturated heterocycles. The van der Waals surface area contributed by atoms with Crippen LogP contribution in [0.1, 0.15) is 41.0 Å². The minimum Gasteiger partial charge on any atom is -0.493 e. The van der Waals surface area contributed by atoms with E-state index in [1.165, 1.54) is 0 Å². The molecule has 148 valence electrons. The number of rotatable bonds is 9. The van der Waals surface area contributed by atoms with Crippen LogP contribution in [0.2, 0.25) is 0 Å². The van der Waals surface area contributed by atoms with Crippen molar-refractivity contribution in [2.75, 3.05) is 13.2 Å². The number of carbonyl (C=O) groups excluding carboxylic acids is 2. The Bertz CT molecular complexity index is 818. The van der Waals surface area contributed by atoms with E-state index in [1.54, 1.807) is 54.6 Å². The maximum atomic E-state index is 12.5. The molecule has 0 bridgehead atoms. The second-order valence-corrected chi connectivity index (χ2v) is 6.53. The van der Waals surface area contributed by atoms with Crippen molar-refractivity contribution < 1.29 is 19.1 Å². The van der Waals surface area contributed by atoms with Crippen molar-refractivity contribution in [2.45, 2.75) is 20.3 Å². The van der Waals surface area contributed by atoms with E-state index in [2.05, 4.69) is 31.3 Å². The first kappa shape index (κ1) is 21.0. The smallest absolute Gasteiger partial charge is 0.273 e. The fraction of sp³-hybridized carbons (Fsp3) is 0.273. The summed E-state index contributed by atoms with van der Waals surface area (Å²) in [5, 5.41) is 0. The molecule has 2 N–H and O–H groups in total. The lowest BCUT2D eigenvalue weighted by Gasteiger charge is -2.14. The van der Waals surface area contributed by atoms with Crippen molar-refractivity contribution in [2.24, 2.45) is 5.92 Å². The zero-order chi connectivity index (χ0) is 20.4. The summed E-state index contributed by atoms with van der Waals surface area (Å²) < 4.78 is 11.2. The molecule has 2 rings (SSSR count). The molecule has 0 radical (unpaired) electrons. The molecule has 2 amide bonds. The van der Waals surface area contributed by atoms with Crippen LogP contribution in [-0.2, 0) is 0 Å². The summed E-state index contributed by atoms with van der Waals surface area (Å²) in [6.07, 6.45) is 2.47. The van der Waals surface area contributed by atoms with Gasteiger partial charge in [0.1, 0.15) is 18.1 Å². The van der Waals surface area contributed by atoms with Gasteiger partial charge in [0, 0.05) is 0 Å². The lowest BCUT2D eigenvalue weighted by atomic mass is 10.1. The molecular weight excluding hydrogens is 356 g/mol. The van der Waals surface area contributed by atoms with Gasteiger partial charge >= 0.3 is 0 Å². The monoisotopic (exact) mass is 382 g/mol. The Morgan fingerprint density at radius 2 is 1.43 bits per heavy atom. The van der Waals surface area contributed by atoms with Gasteiger partial charge in [0.15, 0.2) is 0 Å². The zero-order valence-electron chi connectivity index (χ0n) is 16.2. The van der Waals surface area contributed by atoms with Crippen molar-refractivity contribution in [1.29, 1.82) is 0 Å². The van der Waals surface area contributed by atoms with Gasteiger partial charge in [-0.3, -0.25) is 20.4 Å². The van der Waals surface area contributed by atoms with Gasteiger partial charge < -0.3 is 9.47 Å². The summed E-state index contributed by atoms with van der Waals surface area (Å²) in [5.41, 5.74) is 5.50. The van der Waals surface area contributed by atoms with E-state index >= 15 is 0 Å². The molecule has 6 nitrogen and oxygen atoms in total. The molecule has 0 aromatic heterocycles. The van der Waals surface area contributed by atoms with Gasteiger partial charge in [-0.25, -0.2) is 0 Å². The fourth-order valence-corrected chi connectivity index (χ4v) is 2.36. The predicted molar refractivity (Wildman–Crippen MR) is 108 cm³/mol. The van der Waals surface area contributed by atoms with Crippen LogP contribution in [0, 0.1) is 5.92 Å². The van der Waals surface area contributed by atoms with Gasteiger partial charge in [-0.2, -0.15) is 0 Å². The van der Waals surface area contributed by atoms with Crippen LogP contribution >= 0.6 is 0 Å². The highest BCUT2D eigenvalue weighted by Gasteiger charge is 2.16. The average molecular weight is 382 g/mol. The number of para-hydroxylation sites is 2. The van der Waals surface area contributed by atoms with E-state index in [9.17, 15) is 9.59 Å². The lowest BCUT2D eigenvalue weighted by Crippen LogP contribution is -2.41. The number of hydrazine groups is 1. The van der Waals surface area contributed by atoms with Crippen LogP contribution in [0.4, 0.5) is 0 Å². The number of benzene rings is 2. The quantitative estimate of drug-likeness (QED) is 0.511. The third kappa shape index (κ3) is 6.16. The molecule has 28 heavy (non-hydrogen) atoms. The minimum atomic E-state index is -0.480. The summed E-state index contributed by atoms with van der Waals surface area (Å²) in [4.78, 5) is 24.9. The van der Waals surface area contributed by atoms with E-state index in [4.69, 9.17) is 9.47 Å². The fourth-order valence-electron chi connectivity index (χ4n) is 2.36. The Morgan fingerprint density at radius 3 is 1.93 bits per heavy atom. The number of hydrogen-bond donors (Lipinski definition) is 2. The minimum absolute atomic E-state index is 0.276. The van der Waals surface area contributed by atoms with E-state index in [0.717, 1.165) is 6.42 Å². The lowest BCUT2D eigenvalue weighted by molar-refractivity contribution is 0.0842. The Kier molecular flexibility index (Phi) is 8.09. The molecule has 0 aliphatic heterocycles. The van der Waals surface area contributed by atoms with Crippen molar-refractivity contribution in [3.05, 3.63) is 72.3 Å². The second-order valence-electron chi connectivity index (χ2n) is 6.53. The molecule has 0 unspecified atom stereocenters. The second kappa shape index (κ2) is 10.8. The first-order valence-corrected chi connectivity index (χ1v) is 9.18. The zero-order valence-corrected chi connectivity index (χ0v) is 16.2. The van der Waals surface area contributed by atoms with Crippen LogP contribution in [0.25, 0.3) is 0 Å². The van der Waals surface area contributed by atoms with Gasteiger partial charge in [-0.05, 0) is 36.6 Å². The highest BCUT2D eigenvalue weighted by atomic mass is 16.5. The summed E-state index contributed by atoms with van der Waals surface area (Å²) in [7, 11) is 0. The highest BCUT2D eigenvalue weighted by Crippen LogP contribution is 2.19. The molecular formula is C22H26N2O4. The standard InChI is InChI=1S/C22H26N2O4/c1-4-14-27-19-11-7-5-9-17(19)21(25)23-24-22(26)18-10-6-8-12-20(18)28-15-13-16(2)3/h4-12,16H,1,13-15H2,2-3H3,(H,23,25)(H,24,26). The number of ether oxygens (including phenoxy) is 2. The van der Waals surface area contributed by atoms with Gasteiger partial charge in [-0.1, -0.05) is 50.8 Å². The number of nitrogens with one attached hydrogen (secondary N) is 2. The molecule has 0 heterocycles. The van der Waals surface area contributed by atoms with Crippen molar-refractivity contribution in [3.8, 4) is 11.5 Å². The Morgan fingerprint density at radius 1 is 0.929 bits per heavy atom. The van der Waals surface area contributed by atoms with Crippen LogP contribution in [-0.4, -0.2) is 25.0 Å². The van der Waals surface area contributed by atoms with Crippen LogP contribution in [0.5, 0.6) is 11.5 Å². The summed E-state index contributed by atoms with van der Waals surface area (Å²) in [6, 6.07) is 13.7. The number of amides is 2. The van der Waals surface area contributed by atoms with Crippen molar-refractivity contribution in [3.63, 3.8) is 0 Å². The third-order valence-corrected chi connectivity index (χ3v) is 3.86. The molecule has 0 aliphatic carbocycles. The summed E-state index contributed by atoms with van der Waals surface area (Å²) in [6.45, 7) is 8.59. The first-order chi connectivity index (χ1) is 13.5. The molecule has 0 atom stereocenters. The van der Waals surface area contributed by atoms with E-state index in [-0.39, 0.29) is 6.61 Å². The third-order valence-electron chi connectivity index (χ3n) is 3.86. The highest BCUT2D eigenvalue weighted by molar-refractivity contribution is 6.01. The largest absolute Gasteiger partial charge is 0.493 e. The first-order valence-electron chi connectivity index (χ1n) is 9.18. The van der Waals surface area contributed by atoms with Gasteiger partial charge in [-0.15, -0.1) is 0 Å². The maximum Gasteiger partial charge on any atom is 0.273 e.